The van der Waals surface area contributed by atoms with E-state index in [4.69, 9.17) is 5.73 Å². The molecule has 0 aliphatic rings. The fraction of sp³-hybridized carbons (Fsp3) is 0.364. The van der Waals surface area contributed by atoms with Crippen molar-refractivity contribution in [1.29, 1.82) is 0 Å². The number of ether oxygens (including phenoxy) is 1. The van der Waals surface area contributed by atoms with Gasteiger partial charge in [-0.25, -0.2) is 13.2 Å². The summed E-state index contributed by atoms with van der Waals surface area (Å²) in [6.45, 7) is -0.230. The predicted octanol–water partition coefficient (Wildman–Crippen LogP) is 1.07. The second-order valence-corrected chi connectivity index (χ2v) is 6.10. The lowest BCUT2D eigenvalue weighted by Gasteiger charge is -2.14. The summed E-state index contributed by atoms with van der Waals surface area (Å²) in [6, 6.07) is 1.85. The van der Waals surface area contributed by atoms with Crippen molar-refractivity contribution in [2.24, 2.45) is 5.73 Å². The first-order chi connectivity index (χ1) is 10.1. The fourth-order valence-electron chi connectivity index (χ4n) is 1.51. The molecule has 0 saturated carbocycles. The predicted molar refractivity (Wildman–Crippen MR) is 72.3 cm³/mol. The summed E-state index contributed by atoms with van der Waals surface area (Å²) in [4.78, 5) is 10.8. The minimum absolute atomic E-state index is 0.178. The van der Waals surface area contributed by atoms with E-state index in [-0.39, 0.29) is 12.2 Å². The Bertz CT molecular complexity index is 646. The van der Waals surface area contributed by atoms with Crippen LogP contribution in [0.25, 0.3) is 0 Å². The Morgan fingerprint density at radius 2 is 2.00 bits per heavy atom. The van der Waals surface area contributed by atoms with Crippen LogP contribution in [-0.2, 0) is 9.84 Å². The molecule has 0 bridgehead atoms. The first-order valence-electron chi connectivity index (χ1n) is 5.90. The van der Waals surface area contributed by atoms with Crippen molar-refractivity contribution in [2.45, 2.75) is 11.3 Å². The zero-order valence-corrected chi connectivity index (χ0v) is 12.2. The number of hydrogen-bond acceptors (Lipinski definition) is 5. The molecule has 124 valence electrons. The normalized spacial score (nSPS) is 11.9. The van der Waals surface area contributed by atoms with E-state index in [1.54, 1.807) is 0 Å². The number of carbonyl (C=O) groups is 1. The van der Waals surface area contributed by atoms with Gasteiger partial charge in [0, 0.05) is 19.7 Å². The number of halogens is 3. The van der Waals surface area contributed by atoms with E-state index in [0.29, 0.717) is 6.07 Å². The maximum Gasteiger partial charge on any atom is 0.573 e. The molecular weight excluding hydrogens is 327 g/mol. The molecule has 1 rings (SSSR count). The topological polar surface area (TPSA) is 111 Å². The first-order valence-corrected chi connectivity index (χ1v) is 7.55. The molecule has 0 fully saturated rings. The summed E-state index contributed by atoms with van der Waals surface area (Å²) in [5.41, 5.74) is 5.00. The number of urea groups is 1. The number of sulfone groups is 1. The molecule has 0 aromatic heterocycles. The lowest BCUT2D eigenvalue weighted by Crippen LogP contribution is -2.26. The van der Waals surface area contributed by atoms with E-state index in [2.05, 4.69) is 15.4 Å². The number of anilines is 1. The molecule has 0 aliphatic heterocycles. The highest BCUT2D eigenvalue weighted by Gasteiger charge is 2.32. The Kier molecular flexibility index (Phi) is 5.60. The van der Waals surface area contributed by atoms with Crippen LogP contribution in [0.5, 0.6) is 5.75 Å². The van der Waals surface area contributed by atoms with E-state index in [1.807, 2.05) is 0 Å². The third-order valence-electron chi connectivity index (χ3n) is 2.38. The number of hydrogen-bond donors (Lipinski definition) is 3. The molecule has 0 radical (unpaired) electrons. The van der Waals surface area contributed by atoms with Crippen LogP contribution < -0.4 is 21.1 Å². The van der Waals surface area contributed by atoms with Gasteiger partial charge in [0.25, 0.3) is 0 Å². The number of carbonyl (C=O) groups excluding carboxylic acids is 1. The van der Waals surface area contributed by atoms with Crippen molar-refractivity contribution in [2.75, 3.05) is 24.7 Å². The fourth-order valence-corrected chi connectivity index (χ4v) is 2.79. The van der Waals surface area contributed by atoms with E-state index in [1.165, 1.54) is 7.05 Å². The average molecular weight is 341 g/mol. The molecule has 0 heterocycles. The van der Waals surface area contributed by atoms with Crippen LogP contribution in [-0.4, -0.2) is 40.2 Å². The molecule has 0 aliphatic carbocycles. The molecule has 7 nitrogen and oxygen atoms in total. The molecule has 2 amide bonds. The van der Waals surface area contributed by atoms with E-state index in [0.717, 1.165) is 12.1 Å². The van der Waals surface area contributed by atoms with Crippen molar-refractivity contribution in [1.82, 2.24) is 5.32 Å². The number of benzene rings is 1. The summed E-state index contributed by atoms with van der Waals surface area (Å²) in [7, 11) is -2.69. The van der Waals surface area contributed by atoms with Crippen molar-refractivity contribution in [3.8, 4) is 5.75 Å². The van der Waals surface area contributed by atoms with Crippen LogP contribution in [0.1, 0.15) is 0 Å². The van der Waals surface area contributed by atoms with Gasteiger partial charge in [-0.1, -0.05) is 0 Å². The van der Waals surface area contributed by atoms with Gasteiger partial charge in [0.05, 0.1) is 16.3 Å². The van der Waals surface area contributed by atoms with Gasteiger partial charge in [-0.3, -0.25) is 0 Å². The SMILES string of the molecule is CNC(=O)Nc1ccc(OC(F)(F)F)cc1S(=O)(=O)CCN. The largest absolute Gasteiger partial charge is 0.573 e. The Morgan fingerprint density at radius 1 is 1.36 bits per heavy atom. The molecule has 22 heavy (non-hydrogen) atoms. The van der Waals surface area contributed by atoms with Crippen LogP contribution in [0.2, 0.25) is 0 Å². The smallest absolute Gasteiger partial charge is 0.406 e. The maximum atomic E-state index is 12.2. The van der Waals surface area contributed by atoms with Gasteiger partial charge in [0.1, 0.15) is 5.75 Å². The van der Waals surface area contributed by atoms with Crippen LogP contribution in [0.15, 0.2) is 23.1 Å². The van der Waals surface area contributed by atoms with E-state index >= 15 is 0 Å². The zero-order chi connectivity index (χ0) is 17.0. The molecule has 11 heteroatoms. The minimum Gasteiger partial charge on any atom is -0.406 e. The van der Waals surface area contributed by atoms with Gasteiger partial charge in [-0.15, -0.1) is 13.2 Å². The van der Waals surface area contributed by atoms with Crippen LogP contribution in [0.3, 0.4) is 0 Å². The molecule has 0 atom stereocenters. The van der Waals surface area contributed by atoms with Crippen molar-refractivity contribution >= 4 is 21.6 Å². The maximum absolute atomic E-state index is 12.2. The average Bonchev–Trinajstić information content (AvgIpc) is 2.38. The van der Waals surface area contributed by atoms with Gasteiger partial charge < -0.3 is 21.1 Å². The van der Waals surface area contributed by atoms with Gasteiger partial charge in [0.15, 0.2) is 9.84 Å². The lowest BCUT2D eigenvalue weighted by molar-refractivity contribution is -0.274. The highest BCUT2D eigenvalue weighted by molar-refractivity contribution is 7.91. The molecule has 0 saturated heterocycles. The number of amides is 2. The van der Waals surface area contributed by atoms with E-state index in [9.17, 15) is 26.4 Å². The quantitative estimate of drug-likeness (QED) is 0.742. The molecule has 1 aromatic rings. The lowest BCUT2D eigenvalue weighted by atomic mass is 10.3. The summed E-state index contributed by atoms with van der Waals surface area (Å²) >= 11 is 0. The highest BCUT2D eigenvalue weighted by atomic mass is 32.2. The van der Waals surface area contributed by atoms with Crippen LogP contribution >= 0.6 is 0 Å². The Labute approximate surface area is 124 Å². The van der Waals surface area contributed by atoms with Crippen LogP contribution in [0, 0.1) is 0 Å². The number of alkyl halides is 3. The number of nitrogens with two attached hydrogens (primary N) is 1. The summed E-state index contributed by atoms with van der Waals surface area (Å²) < 4.78 is 64.4. The molecular formula is C11H14F3N3O4S. The Balaban J connectivity index is 3.31. The Hall–Kier alpha value is -2.01. The van der Waals surface area contributed by atoms with Crippen molar-refractivity contribution < 1.29 is 31.1 Å². The Morgan fingerprint density at radius 3 is 2.50 bits per heavy atom. The van der Waals surface area contributed by atoms with Gasteiger partial charge in [-0.2, -0.15) is 0 Å². The van der Waals surface area contributed by atoms with Crippen LogP contribution in [0.4, 0.5) is 23.7 Å². The minimum atomic E-state index is -4.97. The van der Waals surface area contributed by atoms with Crippen molar-refractivity contribution in [3.05, 3.63) is 18.2 Å². The third-order valence-corrected chi connectivity index (χ3v) is 4.16. The summed E-state index contributed by atoms with van der Waals surface area (Å²) in [6.07, 6.45) is -4.97. The summed E-state index contributed by atoms with van der Waals surface area (Å²) in [5.74, 6) is -1.21. The molecule has 4 N–H and O–H groups in total. The standard InChI is InChI=1S/C11H14F3N3O4S/c1-16-10(18)17-8-3-2-7(21-11(12,13)14)6-9(8)22(19,20)5-4-15/h2-3,6H,4-5,15H2,1H3,(H2,16,17,18). The third kappa shape index (κ3) is 5.07. The molecule has 0 spiro atoms. The van der Waals surface area contributed by atoms with Gasteiger partial charge >= 0.3 is 12.4 Å². The summed E-state index contributed by atoms with van der Waals surface area (Å²) in [5, 5.41) is 4.40. The van der Waals surface area contributed by atoms with E-state index < -0.39 is 38.6 Å². The first kappa shape index (κ1) is 18.0. The number of rotatable bonds is 5. The van der Waals surface area contributed by atoms with Gasteiger partial charge in [0.2, 0.25) is 0 Å². The zero-order valence-electron chi connectivity index (χ0n) is 11.4. The second kappa shape index (κ2) is 6.83. The monoisotopic (exact) mass is 341 g/mol. The highest BCUT2D eigenvalue weighted by Crippen LogP contribution is 2.30. The van der Waals surface area contributed by atoms with Gasteiger partial charge in [-0.05, 0) is 12.1 Å². The molecule has 0 unspecified atom stereocenters. The van der Waals surface area contributed by atoms with Crippen molar-refractivity contribution in [3.63, 3.8) is 0 Å². The number of nitrogens with one attached hydrogen (secondary N) is 2. The molecule has 1 aromatic carbocycles. The second-order valence-electron chi connectivity index (χ2n) is 4.02.